The van der Waals surface area contributed by atoms with Crippen LogP contribution in [0.2, 0.25) is 0 Å². The van der Waals surface area contributed by atoms with E-state index in [4.69, 9.17) is 14.2 Å². The molecule has 5 rings (SSSR count). The number of aromatic nitrogens is 1. The van der Waals surface area contributed by atoms with E-state index in [0.717, 1.165) is 15.6 Å². The fourth-order valence-corrected chi connectivity index (χ4v) is 5.22. The van der Waals surface area contributed by atoms with Gasteiger partial charge < -0.3 is 14.2 Å². The van der Waals surface area contributed by atoms with Gasteiger partial charge in [-0.3, -0.25) is 9.36 Å². The van der Waals surface area contributed by atoms with Crippen molar-refractivity contribution in [2.45, 2.75) is 19.9 Å². The van der Waals surface area contributed by atoms with Gasteiger partial charge in [-0.2, -0.15) is 0 Å². The van der Waals surface area contributed by atoms with E-state index >= 15 is 0 Å². The van der Waals surface area contributed by atoms with Crippen molar-refractivity contribution in [1.29, 1.82) is 0 Å². The third-order valence-corrected chi connectivity index (χ3v) is 6.91. The van der Waals surface area contributed by atoms with E-state index in [1.807, 2.05) is 42.5 Å². The monoisotopic (exact) mass is 526 g/mol. The maximum atomic E-state index is 13.6. The number of rotatable bonds is 4. The van der Waals surface area contributed by atoms with Gasteiger partial charge in [0.1, 0.15) is 0 Å². The Morgan fingerprint density at radius 2 is 2.00 bits per heavy atom. The Morgan fingerprint density at radius 3 is 2.76 bits per heavy atom. The molecule has 0 saturated carbocycles. The van der Waals surface area contributed by atoms with Gasteiger partial charge in [0.2, 0.25) is 6.79 Å². The number of carbonyl (C=O) groups excluding carboxylic acids is 1. The Labute approximate surface area is 201 Å². The van der Waals surface area contributed by atoms with Crippen LogP contribution in [0, 0.1) is 0 Å². The summed E-state index contributed by atoms with van der Waals surface area (Å²) in [5, 5.41) is 0. The number of benzene rings is 2. The maximum Gasteiger partial charge on any atom is 0.338 e. The topological polar surface area (TPSA) is 79.1 Å². The third kappa shape index (κ3) is 3.91. The number of ether oxygens (including phenoxy) is 3. The Balaban J connectivity index is 1.69. The summed E-state index contributed by atoms with van der Waals surface area (Å²) in [6.45, 7) is 3.94. The standard InChI is InChI=1S/C24H19BrN2O5S/c1-3-30-23(29)20-13(2)26-24-27(21(20)15-5-7-16(25)8-6-15)22(28)19(33-24)11-14-4-9-17-18(10-14)32-12-31-17/h4-11,21H,3,12H2,1-2H3/b19-11-. The van der Waals surface area contributed by atoms with Gasteiger partial charge in [0, 0.05) is 4.47 Å². The molecule has 2 aliphatic heterocycles. The number of halogens is 1. The lowest BCUT2D eigenvalue weighted by atomic mass is 9.96. The van der Waals surface area contributed by atoms with Crippen molar-refractivity contribution in [3.8, 4) is 11.5 Å². The number of hydrogen-bond donors (Lipinski definition) is 0. The molecule has 0 bridgehead atoms. The lowest BCUT2D eigenvalue weighted by Crippen LogP contribution is -2.39. The van der Waals surface area contributed by atoms with Crippen molar-refractivity contribution < 1.29 is 19.0 Å². The summed E-state index contributed by atoms with van der Waals surface area (Å²) in [6.07, 6.45) is 1.80. The molecule has 7 nitrogen and oxygen atoms in total. The van der Waals surface area contributed by atoms with Crippen LogP contribution < -0.4 is 24.4 Å². The van der Waals surface area contributed by atoms with Gasteiger partial charge in [-0.1, -0.05) is 45.5 Å². The predicted octanol–water partition coefficient (Wildman–Crippen LogP) is 3.29. The predicted molar refractivity (Wildman–Crippen MR) is 127 cm³/mol. The molecule has 168 valence electrons. The highest BCUT2D eigenvalue weighted by Crippen LogP contribution is 2.33. The van der Waals surface area contributed by atoms with E-state index in [0.29, 0.717) is 32.1 Å². The summed E-state index contributed by atoms with van der Waals surface area (Å²) >= 11 is 4.73. The molecule has 1 aromatic heterocycles. The van der Waals surface area contributed by atoms with Crippen molar-refractivity contribution >= 4 is 39.3 Å². The lowest BCUT2D eigenvalue weighted by Gasteiger charge is -2.24. The summed E-state index contributed by atoms with van der Waals surface area (Å²) < 4.78 is 19.1. The number of nitrogens with zero attached hydrogens (tertiary/aromatic N) is 2. The molecule has 0 aliphatic carbocycles. The van der Waals surface area contributed by atoms with Crippen molar-refractivity contribution in [3.05, 3.63) is 89.0 Å². The fraction of sp³-hybridized carbons (Fsp3) is 0.208. The first-order valence-electron chi connectivity index (χ1n) is 10.3. The molecule has 0 amide bonds. The fourth-order valence-electron chi connectivity index (χ4n) is 3.91. The second-order valence-electron chi connectivity index (χ2n) is 7.47. The van der Waals surface area contributed by atoms with Crippen LogP contribution in [0.3, 0.4) is 0 Å². The largest absolute Gasteiger partial charge is 0.463 e. The molecule has 3 heterocycles. The van der Waals surface area contributed by atoms with Crippen LogP contribution in [0.5, 0.6) is 11.5 Å². The van der Waals surface area contributed by atoms with Crippen molar-refractivity contribution in [2.75, 3.05) is 13.4 Å². The van der Waals surface area contributed by atoms with Crippen LogP contribution >= 0.6 is 27.3 Å². The molecule has 33 heavy (non-hydrogen) atoms. The van der Waals surface area contributed by atoms with E-state index in [2.05, 4.69) is 20.9 Å². The number of carbonyl (C=O) groups is 1. The number of hydrogen-bond acceptors (Lipinski definition) is 7. The summed E-state index contributed by atoms with van der Waals surface area (Å²) in [4.78, 5) is 31.6. The minimum absolute atomic E-state index is 0.185. The highest BCUT2D eigenvalue weighted by atomic mass is 79.9. The Morgan fingerprint density at radius 1 is 1.24 bits per heavy atom. The number of allylic oxidation sites excluding steroid dienone is 1. The van der Waals surface area contributed by atoms with Crippen LogP contribution in [0.1, 0.15) is 31.0 Å². The summed E-state index contributed by atoms with van der Waals surface area (Å²) in [5.74, 6) is 0.847. The zero-order valence-electron chi connectivity index (χ0n) is 17.8. The molecule has 9 heteroatoms. The molecule has 0 N–H and O–H groups in total. The third-order valence-electron chi connectivity index (χ3n) is 5.40. The normalized spacial score (nSPS) is 17.1. The van der Waals surface area contributed by atoms with Crippen LogP contribution in [-0.4, -0.2) is 23.9 Å². The highest BCUT2D eigenvalue weighted by Gasteiger charge is 2.33. The Hall–Kier alpha value is -3.17. The van der Waals surface area contributed by atoms with Gasteiger partial charge in [0.15, 0.2) is 16.3 Å². The maximum absolute atomic E-state index is 13.6. The lowest BCUT2D eigenvalue weighted by molar-refractivity contribution is -0.139. The smallest absolute Gasteiger partial charge is 0.338 e. The van der Waals surface area contributed by atoms with Crippen LogP contribution in [0.15, 0.2) is 68.0 Å². The molecule has 0 radical (unpaired) electrons. The Bertz CT molecular complexity index is 1470. The average molecular weight is 527 g/mol. The summed E-state index contributed by atoms with van der Waals surface area (Å²) in [7, 11) is 0. The minimum Gasteiger partial charge on any atom is -0.463 e. The molecule has 0 spiro atoms. The van der Waals surface area contributed by atoms with E-state index in [1.54, 1.807) is 24.5 Å². The zero-order chi connectivity index (χ0) is 23.1. The second-order valence-corrected chi connectivity index (χ2v) is 9.39. The van der Waals surface area contributed by atoms with Crippen molar-refractivity contribution in [2.24, 2.45) is 4.99 Å². The molecule has 1 atom stereocenters. The van der Waals surface area contributed by atoms with Crippen molar-refractivity contribution in [3.63, 3.8) is 0 Å². The van der Waals surface area contributed by atoms with Crippen LogP contribution in [-0.2, 0) is 9.53 Å². The minimum atomic E-state index is -0.632. The first-order chi connectivity index (χ1) is 16.0. The van der Waals surface area contributed by atoms with Gasteiger partial charge in [-0.15, -0.1) is 0 Å². The van der Waals surface area contributed by atoms with Gasteiger partial charge in [0.25, 0.3) is 5.56 Å². The molecular weight excluding hydrogens is 508 g/mol. The molecule has 3 aromatic rings. The summed E-state index contributed by atoms with van der Waals surface area (Å²) in [6, 6.07) is 12.4. The molecule has 2 aliphatic rings. The van der Waals surface area contributed by atoms with E-state index in [-0.39, 0.29) is 19.0 Å². The molecule has 0 fully saturated rings. The Kier molecular flexibility index (Phi) is 5.67. The van der Waals surface area contributed by atoms with E-state index in [1.165, 1.54) is 11.3 Å². The number of thiazole rings is 1. The molecule has 2 aromatic carbocycles. The van der Waals surface area contributed by atoms with Crippen molar-refractivity contribution in [1.82, 2.24) is 4.57 Å². The molecule has 0 saturated heterocycles. The number of fused-ring (bicyclic) bond motifs is 2. The van der Waals surface area contributed by atoms with Crippen LogP contribution in [0.25, 0.3) is 6.08 Å². The van der Waals surface area contributed by atoms with Gasteiger partial charge in [-0.05, 0) is 55.3 Å². The molecule has 1 unspecified atom stereocenters. The first-order valence-corrected chi connectivity index (χ1v) is 11.9. The van der Waals surface area contributed by atoms with E-state index < -0.39 is 12.0 Å². The van der Waals surface area contributed by atoms with E-state index in [9.17, 15) is 9.59 Å². The highest BCUT2D eigenvalue weighted by molar-refractivity contribution is 9.10. The summed E-state index contributed by atoms with van der Waals surface area (Å²) in [5.41, 5.74) is 2.29. The SMILES string of the molecule is CCOC(=O)C1=C(C)N=c2s/c(=C\c3ccc4c(c3)OCO4)c(=O)n2C1c1ccc(Br)cc1. The second kappa shape index (κ2) is 8.64. The quantitative estimate of drug-likeness (QED) is 0.487. The number of esters is 1. The average Bonchev–Trinajstić information content (AvgIpc) is 3.37. The first kappa shape index (κ1) is 21.7. The molecular formula is C24H19BrN2O5S. The van der Waals surface area contributed by atoms with Gasteiger partial charge >= 0.3 is 5.97 Å². The zero-order valence-corrected chi connectivity index (χ0v) is 20.2. The van der Waals surface area contributed by atoms with Gasteiger partial charge in [0.05, 0.1) is 28.5 Å². The van der Waals surface area contributed by atoms with Gasteiger partial charge in [-0.25, -0.2) is 9.79 Å². The van der Waals surface area contributed by atoms with Crippen LogP contribution in [0.4, 0.5) is 0 Å².